The molecule has 0 aliphatic rings. The van der Waals surface area contributed by atoms with Gasteiger partial charge in [-0.2, -0.15) is 5.26 Å². The average molecular weight is 299 g/mol. The molecule has 0 aliphatic heterocycles. The monoisotopic (exact) mass is 299 g/mol. The van der Waals surface area contributed by atoms with Gasteiger partial charge < -0.3 is 0 Å². The molecule has 0 saturated heterocycles. The van der Waals surface area contributed by atoms with Gasteiger partial charge in [0.2, 0.25) is 0 Å². The maximum atomic E-state index is 11.3. The molecule has 0 aromatic heterocycles. The predicted octanol–water partition coefficient (Wildman–Crippen LogP) is 2.93. The summed E-state index contributed by atoms with van der Waals surface area (Å²) in [5, 5.41) is 8.97. The number of Topliss-reactive ketones (excluding diaryl/α,β-unsaturated/α-hetero) is 1. The van der Waals surface area contributed by atoms with Gasteiger partial charge in [0.25, 0.3) is 0 Å². The van der Waals surface area contributed by atoms with E-state index < -0.39 is 0 Å². The second-order valence-corrected chi connectivity index (χ2v) is 4.25. The zero-order valence-corrected chi connectivity index (χ0v) is 10.3. The Kier molecular flexibility index (Phi) is 3.64. The lowest BCUT2D eigenvalue weighted by Crippen LogP contribution is -2.01. The van der Waals surface area contributed by atoms with E-state index in [-0.39, 0.29) is 5.78 Å². The molecule has 72 valence electrons. The fraction of sp³-hybridized carbons (Fsp3) is 0.273. The fourth-order valence-electron chi connectivity index (χ4n) is 1.35. The lowest BCUT2D eigenvalue weighted by atomic mass is 9.98. The Balaban J connectivity index is 3.49. The van der Waals surface area contributed by atoms with Crippen molar-refractivity contribution < 1.29 is 4.79 Å². The van der Waals surface area contributed by atoms with E-state index in [1.54, 1.807) is 6.07 Å². The lowest BCUT2D eigenvalue weighted by Gasteiger charge is -2.06. The number of rotatable bonds is 2. The molecule has 0 spiro atoms. The molecule has 0 atom stereocenters. The Morgan fingerprint density at radius 2 is 2.21 bits per heavy atom. The predicted molar refractivity (Wildman–Crippen MR) is 63.3 cm³/mol. The Hall–Kier alpha value is -0.890. The van der Waals surface area contributed by atoms with Crippen LogP contribution in [0.5, 0.6) is 0 Å². The molecule has 14 heavy (non-hydrogen) atoms. The van der Waals surface area contributed by atoms with E-state index in [1.165, 1.54) is 6.92 Å². The van der Waals surface area contributed by atoms with Gasteiger partial charge in [-0.05, 0) is 53.6 Å². The molecular formula is C11H10INO. The summed E-state index contributed by atoms with van der Waals surface area (Å²) in [6.45, 7) is 3.47. The molecule has 3 heteroatoms. The SMILES string of the molecule is CCc1cc(I)cc(C(C)=O)c1C#N. The summed E-state index contributed by atoms with van der Waals surface area (Å²) >= 11 is 2.16. The Labute approximate surface area is 97.1 Å². The van der Waals surface area contributed by atoms with Crippen LogP contribution in [-0.2, 0) is 6.42 Å². The van der Waals surface area contributed by atoms with Gasteiger partial charge in [0.1, 0.15) is 6.07 Å². The highest BCUT2D eigenvalue weighted by Gasteiger charge is 2.11. The van der Waals surface area contributed by atoms with Gasteiger partial charge in [0, 0.05) is 9.13 Å². The summed E-state index contributed by atoms with van der Waals surface area (Å²) in [5.41, 5.74) is 2.02. The first-order valence-corrected chi connectivity index (χ1v) is 5.41. The highest BCUT2D eigenvalue weighted by Crippen LogP contribution is 2.19. The number of hydrogen-bond donors (Lipinski definition) is 0. The van der Waals surface area contributed by atoms with Gasteiger partial charge in [0.05, 0.1) is 5.56 Å². The van der Waals surface area contributed by atoms with Crippen molar-refractivity contribution in [1.82, 2.24) is 0 Å². The number of benzene rings is 1. The fourth-order valence-corrected chi connectivity index (χ4v) is 2.04. The summed E-state index contributed by atoms with van der Waals surface area (Å²) in [5.74, 6) is -0.0465. The topological polar surface area (TPSA) is 40.9 Å². The van der Waals surface area contributed by atoms with Gasteiger partial charge in [-0.1, -0.05) is 6.92 Å². The highest BCUT2D eigenvalue weighted by molar-refractivity contribution is 14.1. The molecule has 2 nitrogen and oxygen atoms in total. The Morgan fingerprint density at radius 1 is 1.57 bits per heavy atom. The minimum Gasteiger partial charge on any atom is -0.294 e. The minimum atomic E-state index is -0.0465. The summed E-state index contributed by atoms with van der Waals surface area (Å²) in [7, 11) is 0. The first-order valence-electron chi connectivity index (χ1n) is 4.33. The molecule has 0 amide bonds. The number of carbonyl (C=O) groups is 1. The van der Waals surface area contributed by atoms with Crippen LogP contribution in [0.3, 0.4) is 0 Å². The molecule has 0 aliphatic carbocycles. The normalized spacial score (nSPS) is 9.57. The number of ketones is 1. The summed E-state index contributed by atoms with van der Waals surface area (Å²) in [6.07, 6.45) is 0.778. The number of aryl methyl sites for hydroxylation is 1. The molecule has 0 heterocycles. The van der Waals surface area contributed by atoms with E-state index in [0.29, 0.717) is 11.1 Å². The van der Waals surface area contributed by atoms with Crippen molar-refractivity contribution in [2.45, 2.75) is 20.3 Å². The van der Waals surface area contributed by atoms with Gasteiger partial charge in [-0.25, -0.2) is 0 Å². The number of hydrogen-bond acceptors (Lipinski definition) is 2. The number of carbonyl (C=O) groups excluding carboxylic acids is 1. The maximum absolute atomic E-state index is 11.3. The lowest BCUT2D eigenvalue weighted by molar-refractivity contribution is 0.101. The first-order chi connectivity index (χ1) is 6.60. The molecule has 0 bridgehead atoms. The Bertz CT molecular complexity index is 418. The van der Waals surface area contributed by atoms with Crippen molar-refractivity contribution in [3.63, 3.8) is 0 Å². The number of nitriles is 1. The van der Waals surface area contributed by atoms with Crippen LogP contribution in [0.2, 0.25) is 0 Å². The average Bonchev–Trinajstić information content (AvgIpc) is 2.16. The first kappa shape index (κ1) is 11.2. The summed E-state index contributed by atoms with van der Waals surface area (Å²) in [4.78, 5) is 11.3. The van der Waals surface area contributed by atoms with Crippen LogP contribution in [-0.4, -0.2) is 5.78 Å². The molecule has 1 aromatic rings. The van der Waals surface area contributed by atoms with E-state index in [1.807, 2.05) is 13.0 Å². The number of halogens is 1. The minimum absolute atomic E-state index is 0.0465. The van der Waals surface area contributed by atoms with Crippen LogP contribution in [0, 0.1) is 14.9 Å². The third-order valence-electron chi connectivity index (χ3n) is 2.06. The molecule has 0 N–H and O–H groups in total. The zero-order chi connectivity index (χ0) is 10.7. The van der Waals surface area contributed by atoms with Gasteiger partial charge >= 0.3 is 0 Å². The van der Waals surface area contributed by atoms with Crippen molar-refractivity contribution >= 4 is 28.4 Å². The second-order valence-electron chi connectivity index (χ2n) is 3.01. The van der Waals surface area contributed by atoms with Crippen molar-refractivity contribution in [2.75, 3.05) is 0 Å². The van der Waals surface area contributed by atoms with Crippen molar-refractivity contribution in [3.05, 3.63) is 32.4 Å². The quantitative estimate of drug-likeness (QED) is 0.622. The largest absolute Gasteiger partial charge is 0.294 e. The van der Waals surface area contributed by atoms with E-state index in [9.17, 15) is 4.79 Å². The summed E-state index contributed by atoms with van der Waals surface area (Å²) < 4.78 is 1.00. The van der Waals surface area contributed by atoms with Crippen LogP contribution in [0.25, 0.3) is 0 Å². The number of nitrogens with zero attached hydrogens (tertiary/aromatic N) is 1. The second kappa shape index (κ2) is 4.56. The molecule has 0 unspecified atom stereocenters. The van der Waals surface area contributed by atoms with E-state index >= 15 is 0 Å². The van der Waals surface area contributed by atoms with Crippen molar-refractivity contribution in [2.24, 2.45) is 0 Å². The highest BCUT2D eigenvalue weighted by atomic mass is 127. The molecular weight excluding hydrogens is 289 g/mol. The standard InChI is InChI=1S/C11H10INO/c1-3-8-4-9(12)5-10(7(2)14)11(8)6-13/h4-5H,3H2,1-2H3. The van der Waals surface area contributed by atoms with Crippen molar-refractivity contribution in [3.8, 4) is 6.07 Å². The van der Waals surface area contributed by atoms with Crippen LogP contribution in [0.4, 0.5) is 0 Å². The molecule has 0 saturated carbocycles. The third kappa shape index (κ3) is 2.13. The maximum Gasteiger partial charge on any atom is 0.161 e. The van der Waals surface area contributed by atoms with Crippen molar-refractivity contribution in [1.29, 1.82) is 5.26 Å². The van der Waals surface area contributed by atoms with E-state index in [0.717, 1.165) is 15.6 Å². The zero-order valence-electron chi connectivity index (χ0n) is 8.10. The van der Waals surface area contributed by atoms with Gasteiger partial charge in [0.15, 0.2) is 5.78 Å². The molecule has 0 fully saturated rings. The van der Waals surface area contributed by atoms with Crippen LogP contribution in [0.1, 0.15) is 35.3 Å². The van der Waals surface area contributed by atoms with Crippen LogP contribution >= 0.6 is 22.6 Å². The van der Waals surface area contributed by atoms with Gasteiger partial charge in [-0.15, -0.1) is 0 Å². The molecule has 1 aromatic carbocycles. The smallest absolute Gasteiger partial charge is 0.161 e. The van der Waals surface area contributed by atoms with Crippen LogP contribution in [0.15, 0.2) is 12.1 Å². The van der Waals surface area contributed by atoms with Gasteiger partial charge in [-0.3, -0.25) is 4.79 Å². The van der Waals surface area contributed by atoms with E-state index in [2.05, 4.69) is 28.7 Å². The van der Waals surface area contributed by atoms with E-state index in [4.69, 9.17) is 5.26 Å². The third-order valence-corrected chi connectivity index (χ3v) is 2.68. The summed E-state index contributed by atoms with van der Waals surface area (Å²) in [6, 6.07) is 5.81. The Morgan fingerprint density at radius 3 is 2.64 bits per heavy atom. The molecule has 1 rings (SSSR count). The van der Waals surface area contributed by atoms with Crippen LogP contribution < -0.4 is 0 Å². The molecule has 0 radical (unpaired) electrons.